The molecule has 0 bridgehead atoms. The highest BCUT2D eigenvalue weighted by Gasteiger charge is 2.14. The van der Waals surface area contributed by atoms with E-state index in [1.807, 2.05) is 23.6 Å². The van der Waals surface area contributed by atoms with Crippen LogP contribution in [0, 0.1) is 0 Å². The van der Waals surface area contributed by atoms with Gasteiger partial charge in [-0.15, -0.1) is 11.3 Å². The van der Waals surface area contributed by atoms with Crippen molar-refractivity contribution >= 4 is 17.2 Å². The molecule has 0 aliphatic rings. The molecule has 1 N–H and O–H groups in total. The predicted molar refractivity (Wildman–Crippen MR) is 69.5 cm³/mol. The molecule has 5 heteroatoms. The van der Waals surface area contributed by atoms with Crippen molar-refractivity contribution < 1.29 is 13.9 Å². The lowest BCUT2D eigenvalue weighted by Gasteiger charge is -2.13. The highest BCUT2D eigenvalue weighted by molar-refractivity contribution is 7.10. The Labute approximate surface area is 110 Å². The molecule has 4 nitrogen and oxygen atoms in total. The number of rotatable bonds is 6. The lowest BCUT2D eigenvalue weighted by atomic mass is 10.2. The first kappa shape index (κ1) is 12.9. The molecule has 0 saturated carbocycles. The van der Waals surface area contributed by atoms with Crippen LogP contribution in [0.25, 0.3) is 0 Å². The van der Waals surface area contributed by atoms with Gasteiger partial charge in [0.2, 0.25) is 5.91 Å². The average molecular weight is 265 g/mol. The van der Waals surface area contributed by atoms with Gasteiger partial charge in [0.05, 0.1) is 19.2 Å². The van der Waals surface area contributed by atoms with E-state index in [2.05, 4.69) is 5.32 Å². The molecule has 2 rings (SSSR count). The quantitative estimate of drug-likeness (QED) is 0.872. The summed E-state index contributed by atoms with van der Waals surface area (Å²) in [5.41, 5.74) is 0. The molecule has 1 unspecified atom stereocenters. The number of hydrogen-bond donors (Lipinski definition) is 1. The van der Waals surface area contributed by atoms with Crippen molar-refractivity contribution in [2.75, 3.05) is 13.7 Å². The SMILES string of the molecule is COC(CNC(=O)Cc1cccs1)c1ccco1. The molecule has 2 aromatic heterocycles. The Bertz CT molecular complexity index is 464. The topological polar surface area (TPSA) is 51.5 Å². The van der Waals surface area contributed by atoms with Crippen LogP contribution in [-0.2, 0) is 16.0 Å². The van der Waals surface area contributed by atoms with Gasteiger partial charge in [-0.1, -0.05) is 6.07 Å². The van der Waals surface area contributed by atoms with Crippen LogP contribution >= 0.6 is 11.3 Å². The van der Waals surface area contributed by atoms with Gasteiger partial charge in [0, 0.05) is 12.0 Å². The van der Waals surface area contributed by atoms with Crippen LogP contribution in [0.2, 0.25) is 0 Å². The fourth-order valence-corrected chi connectivity index (χ4v) is 2.32. The van der Waals surface area contributed by atoms with Gasteiger partial charge in [-0.05, 0) is 23.6 Å². The van der Waals surface area contributed by atoms with Gasteiger partial charge in [-0.3, -0.25) is 4.79 Å². The predicted octanol–water partition coefficient (Wildman–Crippen LogP) is 2.39. The van der Waals surface area contributed by atoms with Crippen LogP contribution in [0.5, 0.6) is 0 Å². The molecule has 2 heterocycles. The van der Waals surface area contributed by atoms with E-state index < -0.39 is 0 Å². The summed E-state index contributed by atoms with van der Waals surface area (Å²) in [5, 5.41) is 4.80. The molecule has 0 radical (unpaired) electrons. The summed E-state index contributed by atoms with van der Waals surface area (Å²) in [6.07, 6.45) is 1.76. The number of furan rings is 1. The summed E-state index contributed by atoms with van der Waals surface area (Å²) < 4.78 is 10.5. The molecule has 96 valence electrons. The van der Waals surface area contributed by atoms with Gasteiger partial charge >= 0.3 is 0 Å². The van der Waals surface area contributed by atoms with Crippen LogP contribution in [-0.4, -0.2) is 19.6 Å². The average Bonchev–Trinajstić information content (AvgIpc) is 3.02. The number of thiophene rings is 1. The first-order valence-corrected chi connectivity index (χ1v) is 6.53. The largest absolute Gasteiger partial charge is 0.467 e. The van der Waals surface area contributed by atoms with Crippen LogP contribution < -0.4 is 5.32 Å². The molecule has 0 spiro atoms. The number of carbonyl (C=O) groups excluding carboxylic acids is 1. The zero-order valence-electron chi connectivity index (χ0n) is 10.1. The van der Waals surface area contributed by atoms with Crippen molar-refractivity contribution in [1.82, 2.24) is 5.32 Å². The lowest BCUT2D eigenvalue weighted by molar-refractivity contribution is -0.121. The van der Waals surface area contributed by atoms with E-state index in [1.165, 1.54) is 0 Å². The molecule has 0 fully saturated rings. The van der Waals surface area contributed by atoms with Crippen LogP contribution in [0.1, 0.15) is 16.7 Å². The second-order valence-electron chi connectivity index (χ2n) is 3.80. The van der Waals surface area contributed by atoms with E-state index in [9.17, 15) is 4.79 Å². The Morgan fingerprint density at radius 2 is 2.39 bits per heavy atom. The maximum absolute atomic E-state index is 11.7. The third kappa shape index (κ3) is 3.45. The molecule has 18 heavy (non-hydrogen) atoms. The van der Waals surface area contributed by atoms with Gasteiger partial charge in [-0.25, -0.2) is 0 Å². The maximum Gasteiger partial charge on any atom is 0.225 e. The van der Waals surface area contributed by atoms with E-state index in [0.29, 0.717) is 18.7 Å². The first-order valence-electron chi connectivity index (χ1n) is 5.65. The fraction of sp³-hybridized carbons (Fsp3) is 0.308. The lowest BCUT2D eigenvalue weighted by Crippen LogP contribution is -2.30. The van der Waals surface area contributed by atoms with E-state index >= 15 is 0 Å². The van der Waals surface area contributed by atoms with E-state index in [4.69, 9.17) is 9.15 Å². The van der Waals surface area contributed by atoms with Crippen molar-refractivity contribution in [3.8, 4) is 0 Å². The summed E-state index contributed by atoms with van der Waals surface area (Å²) in [4.78, 5) is 12.8. The van der Waals surface area contributed by atoms with E-state index in [-0.39, 0.29) is 12.0 Å². The minimum Gasteiger partial charge on any atom is -0.467 e. The smallest absolute Gasteiger partial charge is 0.225 e. The van der Waals surface area contributed by atoms with E-state index in [0.717, 1.165) is 4.88 Å². The molecule has 0 saturated heterocycles. The van der Waals surface area contributed by atoms with Crippen molar-refractivity contribution in [3.05, 3.63) is 46.5 Å². The van der Waals surface area contributed by atoms with E-state index in [1.54, 1.807) is 30.8 Å². The van der Waals surface area contributed by atoms with Crippen molar-refractivity contribution in [2.45, 2.75) is 12.5 Å². The normalized spacial score (nSPS) is 12.3. The van der Waals surface area contributed by atoms with Gasteiger partial charge in [0.25, 0.3) is 0 Å². The Kier molecular flexibility index (Phi) is 4.55. The van der Waals surface area contributed by atoms with Gasteiger partial charge in [0.1, 0.15) is 11.9 Å². The highest BCUT2D eigenvalue weighted by atomic mass is 32.1. The summed E-state index contributed by atoms with van der Waals surface area (Å²) in [5.74, 6) is 0.708. The van der Waals surface area contributed by atoms with Crippen molar-refractivity contribution in [3.63, 3.8) is 0 Å². The Morgan fingerprint density at radius 3 is 3.00 bits per heavy atom. The number of methoxy groups -OCH3 is 1. The third-order valence-corrected chi connectivity index (χ3v) is 3.42. The minimum absolute atomic E-state index is 0.00828. The second kappa shape index (κ2) is 6.37. The van der Waals surface area contributed by atoms with Crippen LogP contribution in [0.4, 0.5) is 0 Å². The summed E-state index contributed by atoms with van der Waals surface area (Å²) in [6, 6.07) is 7.52. The molecule has 0 aliphatic heterocycles. The molecule has 2 aromatic rings. The molecular formula is C13H15NO3S. The zero-order chi connectivity index (χ0) is 12.8. The van der Waals surface area contributed by atoms with Gasteiger partial charge in [-0.2, -0.15) is 0 Å². The van der Waals surface area contributed by atoms with Crippen LogP contribution in [0.15, 0.2) is 40.3 Å². The number of ether oxygens (including phenoxy) is 1. The number of amides is 1. The molecule has 0 aromatic carbocycles. The first-order chi connectivity index (χ1) is 8.79. The Hall–Kier alpha value is -1.59. The summed E-state index contributed by atoms with van der Waals surface area (Å²) in [7, 11) is 1.60. The standard InChI is InChI=1S/C13H15NO3S/c1-16-12(11-5-2-6-17-11)9-14-13(15)8-10-4-3-7-18-10/h2-7,12H,8-9H2,1H3,(H,14,15). The monoisotopic (exact) mass is 265 g/mol. The number of hydrogen-bond acceptors (Lipinski definition) is 4. The number of nitrogens with one attached hydrogen (secondary N) is 1. The molecule has 1 amide bonds. The van der Waals surface area contributed by atoms with Gasteiger partial charge < -0.3 is 14.5 Å². The van der Waals surface area contributed by atoms with Gasteiger partial charge in [0.15, 0.2) is 0 Å². The molecule has 1 atom stereocenters. The highest BCUT2D eigenvalue weighted by Crippen LogP contribution is 2.16. The third-order valence-electron chi connectivity index (χ3n) is 2.54. The van der Waals surface area contributed by atoms with Crippen LogP contribution in [0.3, 0.4) is 0 Å². The second-order valence-corrected chi connectivity index (χ2v) is 4.83. The Morgan fingerprint density at radius 1 is 1.50 bits per heavy atom. The molecule has 0 aliphatic carbocycles. The fourth-order valence-electron chi connectivity index (χ4n) is 1.61. The summed E-state index contributed by atoms with van der Waals surface area (Å²) in [6.45, 7) is 0.411. The number of carbonyl (C=O) groups is 1. The maximum atomic E-state index is 11.7. The zero-order valence-corrected chi connectivity index (χ0v) is 10.9. The minimum atomic E-state index is -0.243. The van der Waals surface area contributed by atoms with Crippen molar-refractivity contribution in [1.29, 1.82) is 0 Å². The summed E-state index contributed by atoms with van der Waals surface area (Å²) >= 11 is 1.58. The Balaban J connectivity index is 1.81. The van der Waals surface area contributed by atoms with Crippen molar-refractivity contribution in [2.24, 2.45) is 0 Å². The molecular weight excluding hydrogens is 250 g/mol.